The first-order valence-electron chi connectivity index (χ1n) is 5.59. The van der Waals surface area contributed by atoms with Crippen molar-refractivity contribution < 1.29 is 4.79 Å². The van der Waals surface area contributed by atoms with E-state index in [0.717, 1.165) is 18.5 Å². The Kier molecular flexibility index (Phi) is 3.17. The van der Waals surface area contributed by atoms with Crippen LogP contribution in [0.25, 0.3) is 0 Å². The second kappa shape index (κ2) is 4.58. The first kappa shape index (κ1) is 10.4. The summed E-state index contributed by atoms with van der Waals surface area (Å²) in [4.78, 5) is 11.9. The maximum atomic E-state index is 11.9. The molecule has 2 nitrogen and oxygen atoms in total. The van der Waals surface area contributed by atoms with Gasteiger partial charge in [0.15, 0.2) is 5.78 Å². The van der Waals surface area contributed by atoms with E-state index in [0.29, 0.717) is 12.5 Å². The fraction of sp³-hybridized carbons (Fsp3) is 0.462. The number of carbonyl (C=O) groups is 1. The number of ketones is 1. The Bertz CT molecular complexity index is 336. The van der Waals surface area contributed by atoms with E-state index in [2.05, 4.69) is 5.32 Å². The highest BCUT2D eigenvalue weighted by molar-refractivity contribution is 5.96. The fourth-order valence-corrected chi connectivity index (χ4v) is 2.01. The molecule has 2 heteroatoms. The lowest BCUT2D eigenvalue weighted by Gasteiger charge is -2.08. The highest BCUT2D eigenvalue weighted by Gasteiger charge is 2.18. The van der Waals surface area contributed by atoms with E-state index >= 15 is 0 Å². The summed E-state index contributed by atoms with van der Waals surface area (Å²) >= 11 is 0. The minimum atomic E-state index is 0.259. The van der Waals surface area contributed by atoms with Crippen molar-refractivity contribution >= 4 is 5.78 Å². The zero-order valence-electron chi connectivity index (χ0n) is 9.12. The molecule has 2 rings (SSSR count). The summed E-state index contributed by atoms with van der Waals surface area (Å²) in [7, 11) is 0. The minimum Gasteiger partial charge on any atom is -0.314 e. The summed E-state index contributed by atoms with van der Waals surface area (Å²) < 4.78 is 0. The van der Waals surface area contributed by atoms with E-state index in [1.54, 1.807) is 0 Å². The van der Waals surface area contributed by atoms with Gasteiger partial charge in [0.1, 0.15) is 0 Å². The maximum absolute atomic E-state index is 11.9. The fourth-order valence-electron chi connectivity index (χ4n) is 2.01. The van der Waals surface area contributed by atoms with Gasteiger partial charge in [0, 0.05) is 18.0 Å². The van der Waals surface area contributed by atoms with E-state index in [-0.39, 0.29) is 5.78 Å². The molecule has 0 spiro atoms. The lowest BCUT2D eigenvalue weighted by atomic mass is 10.0. The maximum Gasteiger partial charge on any atom is 0.164 e. The van der Waals surface area contributed by atoms with Gasteiger partial charge in [0.2, 0.25) is 0 Å². The zero-order valence-corrected chi connectivity index (χ0v) is 9.12. The topological polar surface area (TPSA) is 29.1 Å². The molecule has 0 radical (unpaired) electrons. The molecule has 0 amide bonds. The third-order valence-electron chi connectivity index (χ3n) is 2.97. The molecule has 1 saturated heterocycles. The summed E-state index contributed by atoms with van der Waals surface area (Å²) in [6.45, 7) is 3.10. The lowest BCUT2D eigenvalue weighted by Crippen LogP contribution is -2.24. The Hall–Kier alpha value is -1.15. The number of hydrogen-bond acceptors (Lipinski definition) is 2. The Balaban J connectivity index is 1.98. The number of Topliss-reactive ketones (excluding diaryl/α,β-unsaturated/α-hetero) is 1. The van der Waals surface area contributed by atoms with E-state index in [4.69, 9.17) is 0 Å². The number of hydrogen-bond donors (Lipinski definition) is 1. The molecule has 0 bridgehead atoms. The summed E-state index contributed by atoms with van der Waals surface area (Å²) in [6.07, 6.45) is 2.98. The predicted molar refractivity (Wildman–Crippen MR) is 61.2 cm³/mol. The van der Waals surface area contributed by atoms with Crippen LogP contribution in [0.3, 0.4) is 0 Å². The van der Waals surface area contributed by atoms with Crippen LogP contribution in [-0.4, -0.2) is 18.4 Å². The van der Waals surface area contributed by atoms with E-state index in [1.165, 1.54) is 12.0 Å². The van der Waals surface area contributed by atoms with Crippen molar-refractivity contribution in [1.29, 1.82) is 0 Å². The molecule has 1 fully saturated rings. The molecule has 1 aromatic carbocycles. The van der Waals surface area contributed by atoms with Gasteiger partial charge in [-0.25, -0.2) is 0 Å². The molecule has 0 aromatic heterocycles. The molecule has 1 unspecified atom stereocenters. The van der Waals surface area contributed by atoms with Crippen LogP contribution >= 0.6 is 0 Å². The second-order valence-corrected chi connectivity index (χ2v) is 4.29. The molecule has 1 N–H and O–H groups in total. The lowest BCUT2D eigenvalue weighted by molar-refractivity contribution is 0.0971. The summed E-state index contributed by atoms with van der Waals surface area (Å²) in [5, 5.41) is 3.35. The van der Waals surface area contributed by atoms with E-state index < -0.39 is 0 Å². The van der Waals surface area contributed by atoms with Gasteiger partial charge < -0.3 is 5.32 Å². The van der Waals surface area contributed by atoms with E-state index in [1.807, 2.05) is 31.2 Å². The van der Waals surface area contributed by atoms with Gasteiger partial charge in [-0.1, -0.05) is 29.8 Å². The Morgan fingerprint density at radius 2 is 2.13 bits per heavy atom. The van der Waals surface area contributed by atoms with Crippen LogP contribution in [0.5, 0.6) is 0 Å². The van der Waals surface area contributed by atoms with Crippen molar-refractivity contribution in [2.45, 2.75) is 32.2 Å². The van der Waals surface area contributed by atoms with Crippen LogP contribution in [0, 0.1) is 6.92 Å². The molecule has 1 aliphatic heterocycles. The Morgan fingerprint density at radius 1 is 1.40 bits per heavy atom. The van der Waals surface area contributed by atoms with Crippen molar-refractivity contribution in [1.82, 2.24) is 5.32 Å². The predicted octanol–water partition coefficient (Wildman–Crippen LogP) is 2.32. The summed E-state index contributed by atoms with van der Waals surface area (Å²) in [5.74, 6) is 0.259. The van der Waals surface area contributed by atoms with Crippen LogP contribution in [0.2, 0.25) is 0 Å². The first-order valence-corrected chi connectivity index (χ1v) is 5.59. The highest BCUT2D eigenvalue weighted by Crippen LogP contribution is 2.13. The van der Waals surface area contributed by atoms with Gasteiger partial charge >= 0.3 is 0 Å². The Labute approximate surface area is 90.7 Å². The van der Waals surface area contributed by atoms with Crippen molar-refractivity contribution in [3.63, 3.8) is 0 Å². The van der Waals surface area contributed by atoms with Crippen LogP contribution in [0.1, 0.15) is 35.2 Å². The third kappa shape index (κ3) is 2.66. The highest BCUT2D eigenvalue weighted by atomic mass is 16.1. The molecule has 0 saturated carbocycles. The van der Waals surface area contributed by atoms with Gasteiger partial charge in [-0.05, 0) is 26.3 Å². The molecule has 1 heterocycles. The third-order valence-corrected chi connectivity index (χ3v) is 2.97. The van der Waals surface area contributed by atoms with Gasteiger partial charge in [-0.3, -0.25) is 4.79 Å². The molecule has 1 atom stereocenters. The van der Waals surface area contributed by atoms with Gasteiger partial charge in [0.25, 0.3) is 0 Å². The number of nitrogens with one attached hydrogen (secondary N) is 1. The van der Waals surface area contributed by atoms with Crippen molar-refractivity contribution in [3.8, 4) is 0 Å². The summed E-state index contributed by atoms with van der Waals surface area (Å²) in [6, 6.07) is 8.24. The zero-order chi connectivity index (χ0) is 10.7. The van der Waals surface area contributed by atoms with Crippen LogP contribution in [0.4, 0.5) is 0 Å². The average Bonchev–Trinajstić information content (AvgIpc) is 2.71. The van der Waals surface area contributed by atoms with Gasteiger partial charge in [0.05, 0.1) is 0 Å². The quantitative estimate of drug-likeness (QED) is 0.764. The first-order chi connectivity index (χ1) is 7.25. The molecule has 1 aromatic rings. The Morgan fingerprint density at radius 3 is 2.73 bits per heavy atom. The van der Waals surface area contributed by atoms with Crippen LogP contribution in [-0.2, 0) is 0 Å². The van der Waals surface area contributed by atoms with Crippen molar-refractivity contribution in [2.24, 2.45) is 0 Å². The molecule has 80 valence electrons. The smallest absolute Gasteiger partial charge is 0.164 e. The second-order valence-electron chi connectivity index (χ2n) is 4.29. The normalized spacial score (nSPS) is 20.5. The number of carbonyl (C=O) groups excluding carboxylic acids is 1. The monoisotopic (exact) mass is 203 g/mol. The number of rotatable bonds is 3. The molecular formula is C13H17NO. The van der Waals surface area contributed by atoms with Crippen LogP contribution in [0.15, 0.2) is 24.3 Å². The van der Waals surface area contributed by atoms with Gasteiger partial charge in [-0.2, -0.15) is 0 Å². The van der Waals surface area contributed by atoms with Crippen molar-refractivity contribution in [2.75, 3.05) is 6.54 Å². The van der Waals surface area contributed by atoms with E-state index in [9.17, 15) is 4.79 Å². The standard InChI is InChI=1S/C13H17NO/c1-10-4-6-11(7-5-10)13(15)9-12-3-2-8-14-12/h4-7,12,14H,2-3,8-9H2,1H3. The summed E-state index contributed by atoms with van der Waals surface area (Å²) in [5.41, 5.74) is 2.04. The molecular weight excluding hydrogens is 186 g/mol. The number of benzene rings is 1. The molecule has 15 heavy (non-hydrogen) atoms. The minimum absolute atomic E-state index is 0.259. The SMILES string of the molecule is Cc1ccc(C(=O)CC2CCCN2)cc1. The molecule has 1 aliphatic rings. The average molecular weight is 203 g/mol. The largest absolute Gasteiger partial charge is 0.314 e. The van der Waals surface area contributed by atoms with Crippen LogP contribution < -0.4 is 5.32 Å². The molecule has 0 aliphatic carbocycles. The number of aryl methyl sites for hydroxylation is 1. The van der Waals surface area contributed by atoms with Crippen molar-refractivity contribution in [3.05, 3.63) is 35.4 Å². The van der Waals surface area contributed by atoms with Gasteiger partial charge in [-0.15, -0.1) is 0 Å².